The molecule has 1 aromatic carbocycles. The van der Waals surface area contributed by atoms with Crippen molar-refractivity contribution in [2.24, 2.45) is 0 Å². The van der Waals surface area contributed by atoms with Crippen molar-refractivity contribution in [2.45, 2.75) is 6.92 Å². The summed E-state index contributed by atoms with van der Waals surface area (Å²) < 4.78 is 4.90. The molecule has 0 aromatic heterocycles. The molecule has 0 amide bonds. The lowest BCUT2D eigenvalue weighted by Gasteiger charge is -2.06. The van der Waals surface area contributed by atoms with Gasteiger partial charge in [-0.3, -0.25) is 0 Å². The van der Waals surface area contributed by atoms with E-state index in [0.29, 0.717) is 23.7 Å². The van der Waals surface area contributed by atoms with Crippen molar-refractivity contribution in [1.82, 2.24) is 0 Å². The first-order chi connectivity index (χ1) is 7.69. The first-order valence-electron chi connectivity index (χ1n) is 4.98. The maximum absolute atomic E-state index is 11.5. The van der Waals surface area contributed by atoms with E-state index in [-0.39, 0.29) is 0 Å². The van der Waals surface area contributed by atoms with Crippen LogP contribution in [0.5, 0.6) is 0 Å². The molecule has 0 spiro atoms. The fraction of sp³-hybridized carbons (Fsp3) is 0.250. The zero-order valence-electron chi connectivity index (χ0n) is 9.07. The second kappa shape index (κ2) is 6.18. The molecule has 3 nitrogen and oxygen atoms in total. The summed E-state index contributed by atoms with van der Waals surface area (Å²) in [7, 11) is 0. The molecule has 0 radical (unpaired) electrons. The zero-order chi connectivity index (χ0) is 12.0. The summed E-state index contributed by atoms with van der Waals surface area (Å²) in [6.45, 7) is 2.09. The first kappa shape index (κ1) is 12.6. The summed E-state index contributed by atoms with van der Waals surface area (Å²) in [6, 6.07) is 5.19. The number of anilines is 1. The van der Waals surface area contributed by atoms with Gasteiger partial charge < -0.3 is 10.5 Å². The minimum atomic E-state index is -0.402. The quantitative estimate of drug-likeness (QED) is 0.499. The smallest absolute Gasteiger partial charge is 0.340 e. The van der Waals surface area contributed by atoms with E-state index >= 15 is 0 Å². The lowest BCUT2D eigenvalue weighted by molar-refractivity contribution is 0.0527. The van der Waals surface area contributed by atoms with Crippen LogP contribution < -0.4 is 5.73 Å². The molecule has 0 saturated heterocycles. The molecule has 2 N–H and O–H groups in total. The molecule has 86 valence electrons. The standard InChI is InChI=1S/C12H14ClNO2/c1-2-16-12(15)10-8-9(4-3-7-13)5-6-11(10)14/h3-6,8H,2,7,14H2,1H3. The Hall–Kier alpha value is -1.48. The van der Waals surface area contributed by atoms with Crippen LogP contribution in [0, 0.1) is 0 Å². The van der Waals surface area contributed by atoms with Gasteiger partial charge in [0.1, 0.15) is 0 Å². The molecular weight excluding hydrogens is 226 g/mol. The van der Waals surface area contributed by atoms with Crippen molar-refractivity contribution < 1.29 is 9.53 Å². The maximum Gasteiger partial charge on any atom is 0.340 e. The number of carbonyl (C=O) groups excluding carboxylic acids is 1. The average Bonchev–Trinajstić information content (AvgIpc) is 2.28. The maximum atomic E-state index is 11.5. The summed E-state index contributed by atoms with van der Waals surface area (Å²) in [5.74, 6) is 0.0279. The van der Waals surface area contributed by atoms with Gasteiger partial charge in [0.05, 0.1) is 12.2 Å². The minimum absolute atomic E-state index is 0.333. The number of hydrogen-bond acceptors (Lipinski definition) is 3. The molecule has 0 aliphatic heterocycles. The van der Waals surface area contributed by atoms with Crippen molar-refractivity contribution in [2.75, 3.05) is 18.2 Å². The van der Waals surface area contributed by atoms with Crippen LogP contribution in [0.2, 0.25) is 0 Å². The van der Waals surface area contributed by atoms with Gasteiger partial charge in [-0.15, -0.1) is 11.6 Å². The Morgan fingerprint density at radius 2 is 2.31 bits per heavy atom. The van der Waals surface area contributed by atoms with Gasteiger partial charge in [0, 0.05) is 11.6 Å². The van der Waals surface area contributed by atoms with E-state index in [0.717, 1.165) is 5.56 Å². The summed E-state index contributed by atoms with van der Waals surface area (Å²) in [6.07, 6.45) is 3.62. The molecular formula is C12H14ClNO2. The number of alkyl halides is 1. The van der Waals surface area contributed by atoms with Crippen molar-refractivity contribution in [3.8, 4) is 0 Å². The number of esters is 1. The fourth-order valence-electron chi connectivity index (χ4n) is 1.24. The molecule has 0 heterocycles. The Bertz CT molecular complexity index is 402. The summed E-state index contributed by atoms with van der Waals surface area (Å²) >= 11 is 5.53. The molecule has 0 bridgehead atoms. The number of carbonyl (C=O) groups is 1. The zero-order valence-corrected chi connectivity index (χ0v) is 9.83. The van der Waals surface area contributed by atoms with Gasteiger partial charge in [0.25, 0.3) is 0 Å². The Morgan fingerprint density at radius 3 is 2.94 bits per heavy atom. The number of halogens is 1. The molecule has 0 saturated carbocycles. The molecule has 0 aliphatic rings. The van der Waals surface area contributed by atoms with E-state index < -0.39 is 5.97 Å². The van der Waals surface area contributed by atoms with Gasteiger partial charge in [-0.1, -0.05) is 18.2 Å². The third kappa shape index (κ3) is 3.28. The second-order valence-corrected chi connectivity index (χ2v) is 3.43. The summed E-state index contributed by atoms with van der Waals surface area (Å²) in [5.41, 5.74) is 7.38. The van der Waals surface area contributed by atoms with E-state index in [1.54, 1.807) is 25.1 Å². The fourth-order valence-corrected chi connectivity index (χ4v) is 1.33. The Labute approximate surface area is 99.8 Å². The predicted octanol–water partition coefficient (Wildman–Crippen LogP) is 2.70. The van der Waals surface area contributed by atoms with Gasteiger partial charge in [0.15, 0.2) is 0 Å². The summed E-state index contributed by atoms with van der Waals surface area (Å²) in [5, 5.41) is 0. The molecule has 1 rings (SSSR count). The van der Waals surface area contributed by atoms with Crippen molar-refractivity contribution in [3.05, 3.63) is 35.4 Å². The third-order valence-electron chi connectivity index (χ3n) is 1.97. The van der Waals surface area contributed by atoms with E-state index in [2.05, 4.69) is 0 Å². The van der Waals surface area contributed by atoms with E-state index in [1.165, 1.54) is 0 Å². The minimum Gasteiger partial charge on any atom is -0.462 e. The number of allylic oxidation sites excluding steroid dienone is 1. The van der Waals surface area contributed by atoms with Crippen LogP contribution in [-0.4, -0.2) is 18.5 Å². The average molecular weight is 240 g/mol. The van der Waals surface area contributed by atoms with Crippen LogP contribution >= 0.6 is 11.6 Å². The SMILES string of the molecule is CCOC(=O)c1cc(C=CCCl)ccc1N. The summed E-state index contributed by atoms with van der Waals surface area (Å²) in [4.78, 5) is 11.5. The Morgan fingerprint density at radius 1 is 1.56 bits per heavy atom. The van der Waals surface area contributed by atoms with Crippen LogP contribution in [0.15, 0.2) is 24.3 Å². The van der Waals surface area contributed by atoms with Gasteiger partial charge in [0.2, 0.25) is 0 Å². The van der Waals surface area contributed by atoms with Gasteiger partial charge in [-0.2, -0.15) is 0 Å². The molecule has 0 aliphatic carbocycles. The highest BCUT2D eigenvalue weighted by Crippen LogP contribution is 2.16. The molecule has 0 unspecified atom stereocenters. The van der Waals surface area contributed by atoms with Crippen molar-refractivity contribution >= 4 is 29.3 Å². The highest BCUT2D eigenvalue weighted by molar-refractivity contribution is 6.19. The number of nitrogen functional groups attached to an aromatic ring is 1. The van der Waals surface area contributed by atoms with E-state index in [1.807, 2.05) is 12.1 Å². The van der Waals surface area contributed by atoms with Gasteiger partial charge in [-0.05, 0) is 24.6 Å². The molecule has 16 heavy (non-hydrogen) atoms. The lowest BCUT2D eigenvalue weighted by Crippen LogP contribution is -2.08. The van der Waals surface area contributed by atoms with Crippen molar-refractivity contribution in [3.63, 3.8) is 0 Å². The monoisotopic (exact) mass is 239 g/mol. The third-order valence-corrected chi connectivity index (χ3v) is 2.15. The van der Waals surface area contributed by atoms with Crippen LogP contribution in [0.25, 0.3) is 6.08 Å². The highest BCUT2D eigenvalue weighted by Gasteiger charge is 2.10. The first-order valence-corrected chi connectivity index (χ1v) is 5.51. The highest BCUT2D eigenvalue weighted by atomic mass is 35.5. The topological polar surface area (TPSA) is 52.3 Å². The molecule has 1 aromatic rings. The lowest BCUT2D eigenvalue weighted by atomic mass is 10.1. The van der Waals surface area contributed by atoms with E-state index in [9.17, 15) is 4.79 Å². The van der Waals surface area contributed by atoms with Crippen LogP contribution in [-0.2, 0) is 4.74 Å². The van der Waals surface area contributed by atoms with Crippen molar-refractivity contribution in [1.29, 1.82) is 0 Å². The Balaban J connectivity index is 2.98. The van der Waals surface area contributed by atoms with Gasteiger partial charge >= 0.3 is 5.97 Å². The molecule has 0 fully saturated rings. The second-order valence-electron chi connectivity index (χ2n) is 3.12. The number of nitrogens with two attached hydrogens (primary N) is 1. The molecule has 4 heteroatoms. The number of benzene rings is 1. The van der Waals surface area contributed by atoms with Gasteiger partial charge in [-0.25, -0.2) is 4.79 Å². The number of hydrogen-bond donors (Lipinski definition) is 1. The number of ether oxygens (including phenoxy) is 1. The van der Waals surface area contributed by atoms with Crippen LogP contribution in [0.1, 0.15) is 22.8 Å². The number of rotatable bonds is 4. The van der Waals surface area contributed by atoms with Crippen LogP contribution in [0.4, 0.5) is 5.69 Å². The normalized spacial score (nSPS) is 10.6. The van der Waals surface area contributed by atoms with E-state index in [4.69, 9.17) is 22.1 Å². The Kier molecular flexibility index (Phi) is 4.86. The molecule has 0 atom stereocenters. The largest absolute Gasteiger partial charge is 0.462 e. The van der Waals surface area contributed by atoms with Crippen LogP contribution in [0.3, 0.4) is 0 Å². The predicted molar refractivity (Wildman–Crippen MR) is 66.6 cm³/mol.